The Morgan fingerprint density at radius 1 is 1.29 bits per heavy atom. The molecule has 0 saturated carbocycles. The van der Waals surface area contributed by atoms with Crippen LogP contribution in [0.5, 0.6) is 0 Å². The molecular formula is C11H12ClF4N. The summed E-state index contributed by atoms with van der Waals surface area (Å²) in [5.74, 6) is -0.392. The molecule has 0 amide bonds. The van der Waals surface area contributed by atoms with Crippen LogP contribution in [0.1, 0.15) is 12.0 Å². The molecule has 0 spiro atoms. The Morgan fingerprint density at radius 2 is 1.94 bits per heavy atom. The van der Waals surface area contributed by atoms with Gasteiger partial charge in [-0.15, -0.1) is 11.6 Å². The average molecular weight is 270 g/mol. The van der Waals surface area contributed by atoms with Crippen molar-refractivity contribution in [1.82, 2.24) is 0 Å². The van der Waals surface area contributed by atoms with Crippen molar-refractivity contribution >= 4 is 17.3 Å². The third-order valence-electron chi connectivity index (χ3n) is 2.31. The minimum absolute atomic E-state index is 0.142. The van der Waals surface area contributed by atoms with Gasteiger partial charge >= 0.3 is 6.18 Å². The first-order valence-corrected chi connectivity index (χ1v) is 5.49. The van der Waals surface area contributed by atoms with Gasteiger partial charge in [0.05, 0.1) is 12.1 Å². The highest BCUT2D eigenvalue weighted by molar-refractivity contribution is 6.17. The van der Waals surface area contributed by atoms with Crippen LogP contribution in [0.15, 0.2) is 18.2 Å². The quantitative estimate of drug-likeness (QED) is 0.591. The lowest BCUT2D eigenvalue weighted by atomic mass is 10.2. The number of nitrogens with zero attached hydrogens (tertiary/aromatic N) is 1. The summed E-state index contributed by atoms with van der Waals surface area (Å²) in [6.07, 6.45) is -5.21. The molecule has 1 nitrogen and oxygen atoms in total. The molecule has 0 saturated heterocycles. The van der Waals surface area contributed by atoms with Crippen LogP contribution < -0.4 is 4.90 Å². The predicted molar refractivity (Wildman–Crippen MR) is 59.9 cm³/mol. The highest BCUT2D eigenvalue weighted by atomic mass is 35.5. The highest BCUT2D eigenvalue weighted by Gasteiger charge is 2.27. The summed E-state index contributed by atoms with van der Waals surface area (Å²) < 4.78 is 49.6. The van der Waals surface area contributed by atoms with Crippen molar-refractivity contribution in [3.63, 3.8) is 0 Å². The van der Waals surface area contributed by atoms with Gasteiger partial charge in [-0.3, -0.25) is 0 Å². The van der Waals surface area contributed by atoms with E-state index in [2.05, 4.69) is 0 Å². The number of hydrogen-bond donors (Lipinski definition) is 0. The van der Waals surface area contributed by atoms with E-state index in [1.807, 2.05) is 0 Å². The molecule has 1 rings (SSSR count). The maximum absolute atomic E-state index is 13.5. The first kappa shape index (κ1) is 14.1. The molecule has 0 bridgehead atoms. The summed E-state index contributed by atoms with van der Waals surface area (Å²) in [5.41, 5.74) is 0.736. The second kappa shape index (κ2) is 5.58. The van der Waals surface area contributed by atoms with Gasteiger partial charge in [-0.1, -0.05) is 6.07 Å². The van der Waals surface area contributed by atoms with Crippen LogP contribution >= 0.6 is 11.6 Å². The largest absolute Gasteiger partial charge is 0.390 e. The molecule has 1 aromatic carbocycles. The van der Waals surface area contributed by atoms with Crippen LogP contribution in [0.25, 0.3) is 0 Å². The van der Waals surface area contributed by atoms with Crippen LogP contribution in [-0.2, 0) is 5.88 Å². The molecule has 96 valence electrons. The first-order chi connectivity index (χ1) is 7.83. The zero-order valence-electron chi connectivity index (χ0n) is 9.19. The normalized spacial score (nSPS) is 11.6. The van der Waals surface area contributed by atoms with Gasteiger partial charge in [-0.2, -0.15) is 13.2 Å². The maximum atomic E-state index is 13.5. The van der Waals surface area contributed by atoms with E-state index in [9.17, 15) is 17.6 Å². The maximum Gasteiger partial charge on any atom is 0.390 e. The number of benzene rings is 1. The fourth-order valence-electron chi connectivity index (χ4n) is 1.36. The Balaban J connectivity index is 2.72. The lowest BCUT2D eigenvalue weighted by molar-refractivity contribution is -0.132. The number of halogens is 5. The van der Waals surface area contributed by atoms with Crippen LogP contribution in [0.4, 0.5) is 23.2 Å². The fourth-order valence-corrected chi connectivity index (χ4v) is 1.52. The molecule has 0 radical (unpaired) electrons. The van der Waals surface area contributed by atoms with E-state index >= 15 is 0 Å². The third kappa shape index (κ3) is 4.42. The summed E-state index contributed by atoms with van der Waals surface area (Å²) >= 11 is 5.52. The van der Waals surface area contributed by atoms with Crippen LogP contribution in [0.2, 0.25) is 0 Å². The molecule has 0 fully saturated rings. The molecule has 6 heteroatoms. The highest BCUT2D eigenvalue weighted by Crippen LogP contribution is 2.24. The topological polar surface area (TPSA) is 3.24 Å². The van der Waals surface area contributed by atoms with Crippen molar-refractivity contribution < 1.29 is 17.6 Å². The molecule has 0 atom stereocenters. The van der Waals surface area contributed by atoms with Gasteiger partial charge in [-0.05, 0) is 17.7 Å². The van der Waals surface area contributed by atoms with E-state index in [1.54, 1.807) is 6.07 Å². The Labute approximate surface area is 102 Å². The van der Waals surface area contributed by atoms with Crippen molar-refractivity contribution in [2.24, 2.45) is 0 Å². The van der Waals surface area contributed by atoms with Gasteiger partial charge < -0.3 is 4.90 Å². The van der Waals surface area contributed by atoms with Gasteiger partial charge in [0.1, 0.15) is 5.82 Å². The minimum Gasteiger partial charge on any atom is -0.372 e. The van der Waals surface area contributed by atoms with Crippen molar-refractivity contribution in [3.05, 3.63) is 29.6 Å². The Morgan fingerprint density at radius 3 is 2.41 bits per heavy atom. The van der Waals surface area contributed by atoms with Crippen molar-refractivity contribution in [3.8, 4) is 0 Å². The second-order valence-corrected chi connectivity index (χ2v) is 3.97. The van der Waals surface area contributed by atoms with Crippen LogP contribution in [0, 0.1) is 5.82 Å². The Hall–Kier alpha value is -0.970. The second-order valence-electron chi connectivity index (χ2n) is 3.71. The van der Waals surface area contributed by atoms with Crippen LogP contribution in [0.3, 0.4) is 0 Å². The average Bonchev–Trinajstić information content (AvgIpc) is 2.24. The smallest absolute Gasteiger partial charge is 0.372 e. The summed E-state index contributed by atoms with van der Waals surface area (Å²) in [6.45, 7) is -0.277. The first-order valence-electron chi connectivity index (χ1n) is 4.96. The SMILES string of the molecule is CN(CCC(F)(F)F)c1ccc(CCl)cc1F. The number of alkyl halides is 4. The third-order valence-corrected chi connectivity index (χ3v) is 2.62. The van der Waals surface area contributed by atoms with Gasteiger partial charge in [0.25, 0.3) is 0 Å². The van der Waals surface area contributed by atoms with E-state index in [-0.39, 0.29) is 18.1 Å². The minimum atomic E-state index is -4.24. The molecule has 0 aromatic heterocycles. The Bertz CT molecular complexity index is 378. The molecule has 0 unspecified atom stereocenters. The van der Waals surface area contributed by atoms with E-state index in [4.69, 9.17) is 11.6 Å². The zero-order valence-corrected chi connectivity index (χ0v) is 9.95. The molecular weight excluding hydrogens is 258 g/mol. The predicted octanol–water partition coefficient (Wildman–Crippen LogP) is 3.95. The lowest BCUT2D eigenvalue weighted by Crippen LogP contribution is -2.24. The van der Waals surface area contributed by atoms with Gasteiger partial charge in [0.15, 0.2) is 0 Å². The molecule has 0 aliphatic carbocycles. The van der Waals surface area contributed by atoms with Gasteiger partial charge in [0, 0.05) is 19.5 Å². The van der Waals surface area contributed by atoms with E-state index in [1.165, 1.54) is 24.1 Å². The van der Waals surface area contributed by atoms with E-state index < -0.39 is 18.4 Å². The molecule has 0 aliphatic rings. The lowest BCUT2D eigenvalue weighted by Gasteiger charge is -2.21. The van der Waals surface area contributed by atoms with Crippen molar-refractivity contribution in [2.45, 2.75) is 18.5 Å². The van der Waals surface area contributed by atoms with Gasteiger partial charge in [0.2, 0.25) is 0 Å². The molecule has 17 heavy (non-hydrogen) atoms. The summed E-state index contributed by atoms with van der Waals surface area (Å²) in [5, 5.41) is 0. The van der Waals surface area contributed by atoms with Crippen molar-refractivity contribution in [1.29, 1.82) is 0 Å². The fraction of sp³-hybridized carbons (Fsp3) is 0.455. The summed E-state index contributed by atoms with van der Waals surface area (Å²) in [4.78, 5) is 1.24. The molecule has 0 aliphatic heterocycles. The van der Waals surface area contributed by atoms with E-state index in [0.29, 0.717) is 5.56 Å². The summed E-state index contributed by atoms with van der Waals surface area (Å²) in [6, 6.07) is 4.26. The molecule has 1 aromatic rings. The number of anilines is 1. The molecule has 0 heterocycles. The molecule has 0 N–H and O–H groups in total. The monoisotopic (exact) mass is 269 g/mol. The number of hydrogen-bond acceptors (Lipinski definition) is 1. The van der Waals surface area contributed by atoms with E-state index in [0.717, 1.165) is 0 Å². The number of rotatable bonds is 4. The van der Waals surface area contributed by atoms with Gasteiger partial charge in [-0.25, -0.2) is 4.39 Å². The standard InChI is InChI=1S/C11H12ClF4N/c1-17(5-4-11(14,15)16)10-3-2-8(7-12)6-9(10)13/h2-3,6H,4-5,7H2,1H3. The van der Waals surface area contributed by atoms with Crippen LogP contribution in [-0.4, -0.2) is 19.8 Å². The van der Waals surface area contributed by atoms with Crippen molar-refractivity contribution in [2.75, 3.05) is 18.5 Å². The zero-order chi connectivity index (χ0) is 13.1. The summed E-state index contributed by atoms with van der Waals surface area (Å²) in [7, 11) is 1.42. The Kier molecular flexibility index (Phi) is 4.62.